The summed E-state index contributed by atoms with van der Waals surface area (Å²) >= 11 is 3.61. The number of ether oxygens (including phenoxy) is 2. The SMILES string of the molecule is COc1ccc([C@@H]2N[C@H](c3cccc(Br)c3)c3ccc4ccccc4c3O2)cc1. The van der Waals surface area contributed by atoms with Crippen LogP contribution in [0.2, 0.25) is 0 Å². The number of rotatable bonds is 3. The smallest absolute Gasteiger partial charge is 0.177 e. The highest BCUT2D eigenvalue weighted by Crippen LogP contribution is 2.43. The number of halogens is 1. The summed E-state index contributed by atoms with van der Waals surface area (Å²) in [6, 6.07) is 29.2. The molecule has 1 aliphatic heterocycles. The quantitative estimate of drug-likeness (QED) is 0.396. The lowest BCUT2D eigenvalue weighted by Gasteiger charge is -2.35. The van der Waals surface area contributed by atoms with Crippen molar-refractivity contribution in [1.82, 2.24) is 5.32 Å². The van der Waals surface area contributed by atoms with Crippen LogP contribution in [0.5, 0.6) is 11.5 Å². The van der Waals surface area contributed by atoms with Gasteiger partial charge in [0.2, 0.25) is 0 Å². The van der Waals surface area contributed by atoms with Gasteiger partial charge in [0.1, 0.15) is 11.5 Å². The average Bonchev–Trinajstić information content (AvgIpc) is 2.78. The molecule has 2 atom stereocenters. The van der Waals surface area contributed by atoms with Crippen molar-refractivity contribution in [2.24, 2.45) is 0 Å². The number of nitrogens with one attached hydrogen (secondary N) is 1. The number of benzene rings is 4. The van der Waals surface area contributed by atoms with E-state index < -0.39 is 0 Å². The van der Waals surface area contributed by atoms with Gasteiger partial charge in [-0.1, -0.05) is 76.6 Å². The van der Waals surface area contributed by atoms with Gasteiger partial charge in [-0.3, -0.25) is 5.32 Å². The molecule has 5 rings (SSSR count). The summed E-state index contributed by atoms with van der Waals surface area (Å²) < 4.78 is 12.9. The maximum Gasteiger partial charge on any atom is 0.177 e. The van der Waals surface area contributed by atoms with Crippen molar-refractivity contribution in [3.05, 3.63) is 106 Å². The summed E-state index contributed by atoms with van der Waals surface area (Å²) in [4.78, 5) is 0. The first-order valence-corrected chi connectivity index (χ1v) is 10.4. The number of hydrogen-bond donors (Lipinski definition) is 1. The lowest BCUT2D eigenvalue weighted by molar-refractivity contribution is 0.135. The molecule has 1 N–H and O–H groups in total. The van der Waals surface area contributed by atoms with Crippen molar-refractivity contribution in [1.29, 1.82) is 0 Å². The van der Waals surface area contributed by atoms with Crippen molar-refractivity contribution in [2.75, 3.05) is 7.11 Å². The minimum absolute atomic E-state index is 0.0213. The first-order chi connectivity index (χ1) is 14.2. The van der Waals surface area contributed by atoms with Gasteiger partial charge in [0.15, 0.2) is 6.23 Å². The molecule has 144 valence electrons. The van der Waals surface area contributed by atoms with E-state index >= 15 is 0 Å². The highest BCUT2D eigenvalue weighted by molar-refractivity contribution is 9.10. The fraction of sp³-hybridized carbons (Fsp3) is 0.120. The Morgan fingerprint density at radius 1 is 0.862 bits per heavy atom. The van der Waals surface area contributed by atoms with Gasteiger partial charge in [-0.15, -0.1) is 0 Å². The molecule has 0 spiro atoms. The minimum Gasteiger partial charge on any atom is -0.497 e. The molecule has 0 saturated carbocycles. The Labute approximate surface area is 178 Å². The van der Waals surface area contributed by atoms with Crippen LogP contribution in [-0.4, -0.2) is 7.11 Å². The molecular weight excluding hydrogens is 426 g/mol. The first-order valence-electron chi connectivity index (χ1n) is 9.57. The molecule has 0 bridgehead atoms. The fourth-order valence-electron chi connectivity index (χ4n) is 3.92. The third kappa shape index (κ3) is 3.39. The van der Waals surface area contributed by atoms with E-state index in [9.17, 15) is 0 Å². The first kappa shape index (κ1) is 18.2. The molecule has 0 aliphatic carbocycles. The molecule has 0 radical (unpaired) electrons. The second kappa shape index (κ2) is 7.54. The van der Waals surface area contributed by atoms with Crippen LogP contribution >= 0.6 is 15.9 Å². The topological polar surface area (TPSA) is 30.5 Å². The maximum absolute atomic E-state index is 6.52. The van der Waals surface area contributed by atoms with Crippen LogP contribution in [0.3, 0.4) is 0 Å². The molecule has 0 saturated heterocycles. The molecule has 4 aromatic carbocycles. The lowest BCUT2D eigenvalue weighted by Crippen LogP contribution is -2.35. The van der Waals surface area contributed by atoms with Crippen molar-refractivity contribution < 1.29 is 9.47 Å². The molecule has 0 fully saturated rings. The number of fused-ring (bicyclic) bond motifs is 3. The Balaban J connectivity index is 1.66. The molecule has 1 heterocycles. The van der Waals surface area contributed by atoms with Gasteiger partial charge in [0, 0.05) is 21.0 Å². The molecule has 29 heavy (non-hydrogen) atoms. The highest BCUT2D eigenvalue weighted by atomic mass is 79.9. The summed E-state index contributed by atoms with van der Waals surface area (Å²) in [5.41, 5.74) is 3.40. The Morgan fingerprint density at radius 3 is 2.48 bits per heavy atom. The van der Waals surface area contributed by atoms with Gasteiger partial charge in [-0.2, -0.15) is 0 Å². The van der Waals surface area contributed by atoms with Crippen molar-refractivity contribution in [2.45, 2.75) is 12.3 Å². The highest BCUT2D eigenvalue weighted by Gasteiger charge is 2.31. The van der Waals surface area contributed by atoms with Gasteiger partial charge in [-0.25, -0.2) is 0 Å². The summed E-state index contributed by atoms with van der Waals surface area (Å²) in [5.74, 6) is 1.77. The van der Waals surface area contributed by atoms with E-state index in [1.165, 1.54) is 10.9 Å². The van der Waals surface area contributed by atoms with Crippen molar-refractivity contribution in [3.63, 3.8) is 0 Å². The van der Waals surface area contributed by atoms with E-state index in [4.69, 9.17) is 9.47 Å². The van der Waals surface area contributed by atoms with E-state index in [-0.39, 0.29) is 12.3 Å². The fourth-order valence-corrected chi connectivity index (χ4v) is 4.33. The Bertz CT molecular complexity index is 1170. The third-order valence-electron chi connectivity index (χ3n) is 5.38. The van der Waals surface area contributed by atoms with E-state index in [2.05, 4.69) is 75.8 Å². The van der Waals surface area contributed by atoms with E-state index in [0.717, 1.165) is 32.5 Å². The average molecular weight is 446 g/mol. The molecule has 4 heteroatoms. The molecule has 0 unspecified atom stereocenters. The van der Waals surface area contributed by atoms with Crippen molar-refractivity contribution >= 4 is 26.7 Å². The van der Waals surface area contributed by atoms with Crippen LogP contribution in [-0.2, 0) is 0 Å². The minimum atomic E-state index is -0.261. The third-order valence-corrected chi connectivity index (χ3v) is 5.87. The van der Waals surface area contributed by atoms with Crippen LogP contribution in [0.1, 0.15) is 29.0 Å². The molecule has 4 aromatic rings. The molecular formula is C25H20BrNO2. The van der Waals surface area contributed by atoms with Crippen LogP contribution in [0, 0.1) is 0 Å². The summed E-state index contributed by atoms with van der Waals surface area (Å²) in [7, 11) is 1.68. The maximum atomic E-state index is 6.52. The largest absolute Gasteiger partial charge is 0.497 e. The van der Waals surface area contributed by atoms with Crippen LogP contribution in [0.4, 0.5) is 0 Å². The second-order valence-corrected chi connectivity index (χ2v) is 8.05. The van der Waals surface area contributed by atoms with Crippen LogP contribution in [0.25, 0.3) is 10.8 Å². The zero-order valence-corrected chi connectivity index (χ0v) is 17.5. The predicted molar refractivity (Wildman–Crippen MR) is 119 cm³/mol. The lowest BCUT2D eigenvalue weighted by atomic mass is 9.93. The Kier molecular flexibility index (Phi) is 4.74. The van der Waals surface area contributed by atoms with E-state index in [0.29, 0.717) is 0 Å². The molecule has 0 aromatic heterocycles. The molecule has 0 amide bonds. The standard InChI is InChI=1S/C25H20BrNO2/c1-28-20-12-9-17(10-13-20)25-27-23(18-6-4-7-19(26)15-18)22-14-11-16-5-2-3-8-21(16)24(22)29-25/h2-15,23,25,27H,1H3/t23-,25-/m1/s1. The number of hydrogen-bond acceptors (Lipinski definition) is 3. The Morgan fingerprint density at radius 2 is 1.69 bits per heavy atom. The summed E-state index contributed by atoms with van der Waals surface area (Å²) in [6.45, 7) is 0. The summed E-state index contributed by atoms with van der Waals surface area (Å²) in [6.07, 6.45) is -0.261. The van der Waals surface area contributed by atoms with Crippen LogP contribution < -0.4 is 14.8 Å². The monoisotopic (exact) mass is 445 g/mol. The van der Waals surface area contributed by atoms with Crippen molar-refractivity contribution in [3.8, 4) is 11.5 Å². The second-order valence-electron chi connectivity index (χ2n) is 7.13. The zero-order chi connectivity index (χ0) is 19.8. The van der Waals surface area contributed by atoms with Gasteiger partial charge < -0.3 is 9.47 Å². The molecule has 1 aliphatic rings. The van der Waals surface area contributed by atoms with Gasteiger partial charge in [-0.05, 0) is 35.2 Å². The zero-order valence-electron chi connectivity index (χ0n) is 15.9. The normalized spacial score (nSPS) is 18.1. The Hall–Kier alpha value is -2.82. The van der Waals surface area contributed by atoms with Gasteiger partial charge in [0.05, 0.1) is 13.2 Å². The van der Waals surface area contributed by atoms with E-state index in [1.54, 1.807) is 7.11 Å². The predicted octanol–water partition coefficient (Wildman–Crippen LogP) is 6.38. The molecule has 3 nitrogen and oxygen atoms in total. The van der Waals surface area contributed by atoms with Gasteiger partial charge in [0.25, 0.3) is 0 Å². The van der Waals surface area contributed by atoms with Crippen LogP contribution in [0.15, 0.2) is 89.4 Å². The summed E-state index contributed by atoms with van der Waals surface area (Å²) in [5, 5.41) is 5.99. The van der Waals surface area contributed by atoms with Gasteiger partial charge >= 0.3 is 0 Å². The van der Waals surface area contributed by atoms with E-state index in [1.807, 2.05) is 30.3 Å². The number of methoxy groups -OCH3 is 1.